The smallest absolute Gasteiger partial charge is 0.122 e. The quantitative estimate of drug-likeness (QED) is 0.766. The number of nitrogen functional groups attached to an aromatic ring is 1. The summed E-state index contributed by atoms with van der Waals surface area (Å²) in [5, 5.41) is 8.58. The summed E-state index contributed by atoms with van der Waals surface area (Å²) in [5.74, 6) is 0.644. The highest BCUT2D eigenvalue weighted by Crippen LogP contribution is 2.17. The van der Waals surface area contributed by atoms with E-state index in [1.807, 2.05) is 37.0 Å². The highest BCUT2D eigenvalue weighted by atomic mass is 15.3. The van der Waals surface area contributed by atoms with Crippen LogP contribution in [0.4, 0.5) is 5.82 Å². The van der Waals surface area contributed by atoms with Crippen LogP contribution in [0.2, 0.25) is 0 Å². The first-order valence-electron chi connectivity index (χ1n) is 4.54. The third kappa shape index (κ3) is 1.37. The van der Waals surface area contributed by atoms with Crippen molar-refractivity contribution in [3.63, 3.8) is 0 Å². The number of aryl methyl sites for hydroxylation is 2. The molecule has 0 atom stereocenters. The molecule has 0 aliphatic rings. The summed E-state index contributed by atoms with van der Waals surface area (Å²) in [4.78, 5) is 0. The number of nitrogens with zero attached hydrogens (tertiary/aromatic N) is 4. The zero-order valence-electron chi connectivity index (χ0n) is 8.31. The average Bonchev–Trinajstić information content (AvgIpc) is 2.74. The molecule has 2 aromatic heterocycles. The van der Waals surface area contributed by atoms with E-state index in [0.717, 1.165) is 17.9 Å². The predicted molar refractivity (Wildman–Crippen MR) is 54.5 cm³/mol. The average molecular weight is 191 g/mol. The molecule has 2 heterocycles. The van der Waals surface area contributed by atoms with Crippen LogP contribution in [0.1, 0.15) is 6.92 Å². The van der Waals surface area contributed by atoms with Crippen LogP contribution in [0.3, 0.4) is 0 Å². The Morgan fingerprint density at radius 1 is 1.36 bits per heavy atom. The van der Waals surface area contributed by atoms with Crippen LogP contribution in [0.25, 0.3) is 11.4 Å². The molecule has 2 aromatic rings. The summed E-state index contributed by atoms with van der Waals surface area (Å²) in [5.41, 5.74) is 7.36. The van der Waals surface area contributed by atoms with E-state index in [-0.39, 0.29) is 0 Å². The van der Waals surface area contributed by atoms with Gasteiger partial charge in [-0.05, 0) is 13.0 Å². The van der Waals surface area contributed by atoms with E-state index in [4.69, 9.17) is 5.73 Å². The highest BCUT2D eigenvalue weighted by molar-refractivity contribution is 5.57. The highest BCUT2D eigenvalue weighted by Gasteiger charge is 2.07. The van der Waals surface area contributed by atoms with Crippen molar-refractivity contribution in [1.29, 1.82) is 0 Å². The molecule has 5 heteroatoms. The Bertz CT molecular complexity index is 420. The van der Waals surface area contributed by atoms with Gasteiger partial charge in [-0.1, -0.05) is 0 Å². The molecule has 0 bridgehead atoms. The molecule has 0 saturated heterocycles. The van der Waals surface area contributed by atoms with Gasteiger partial charge in [-0.15, -0.1) is 0 Å². The molecule has 0 fully saturated rings. The first-order valence-corrected chi connectivity index (χ1v) is 4.54. The molecule has 0 saturated carbocycles. The minimum atomic E-state index is 0.644. The molecule has 0 amide bonds. The molecule has 0 unspecified atom stereocenters. The van der Waals surface area contributed by atoms with Crippen LogP contribution in [0.5, 0.6) is 0 Å². The normalized spacial score (nSPS) is 10.7. The van der Waals surface area contributed by atoms with E-state index in [1.54, 1.807) is 4.68 Å². The summed E-state index contributed by atoms with van der Waals surface area (Å²) < 4.78 is 3.50. The Kier molecular flexibility index (Phi) is 1.99. The first-order chi connectivity index (χ1) is 6.70. The van der Waals surface area contributed by atoms with Crippen LogP contribution in [-0.4, -0.2) is 19.6 Å². The molecule has 0 spiro atoms. The Morgan fingerprint density at radius 2 is 2.14 bits per heavy atom. The van der Waals surface area contributed by atoms with Gasteiger partial charge >= 0.3 is 0 Å². The van der Waals surface area contributed by atoms with Gasteiger partial charge in [0.2, 0.25) is 0 Å². The minimum absolute atomic E-state index is 0.644. The van der Waals surface area contributed by atoms with E-state index >= 15 is 0 Å². The number of anilines is 1. The van der Waals surface area contributed by atoms with Crippen molar-refractivity contribution in [3.8, 4) is 11.4 Å². The molecular weight excluding hydrogens is 178 g/mol. The Morgan fingerprint density at radius 3 is 2.64 bits per heavy atom. The molecule has 14 heavy (non-hydrogen) atoms. The van der Waals surface area contributed by atoms with Crippen molar-refractivity contribution in [3.05, 3.63) is 18.3 Å². The third-order valence-electron chi connectivity index (χ3n) is 2.14. The Balaban J connectivity index is 2.39. The largest absolute Gasteiger partial charge is 0.384 e. The SMILES string of the molecule is CCn1ccc(-c2cc(N)n(C)n2)n1. The maximum atomic E-state index is 5.68. The molecule has 0 aliphatic heterocycles. The lowest BCUT2D eigenvalue weighted by atomic mass is 10.3. The number of nitrogens with two attached hydrogens (primary N) is 1. The molecule has 0 radical (unpaired) electrons. The predicted octanol–water partition coefficient (Wildman–Crippen LogP) is 0.886. The topological polar surface area (TPSA) is 61.7 Å². The second-order valence-corrected chi connectivity index (χ2v) is 3.13. The van der Waals surface area contributed by atoms with Crippen molar-refractivity contribution in [2.75, 3.05) is 5.73 Å². The fraction of sp³-hybridized carbons (Fsp3) is 0.333. The zero-order chi connectivity index (χ0) is 10.1. The van der Waals surface area contributed by atoms with Crippen molar-refractivity contribution < 1.29 is 0 Å². The maximum absolute atomic E-state index is 5.68. The molecule has 74 valence electrons. The van der Waals surface area contributed by atoms with Gasteiger partial charge in [-0.25, -0.2) is 0 Å². The lowest BCUT2D eigenvalue weighted by molar-refractivity contribution is 0.661. The van der Waals surface area contributed by atoms with Crippen LogP contribution in [0, 0.1) is 0 Å². The monoisotopic (exact) mass is 191 g/mol. The van der Waals surface area contributed by atoms with Gasteiger partial charge < -0.3 is 5.73 Å². The molecule has 0 aliphatic carbocycles. The summed E-state index contributed by atoms with van der Waals surface area (Å²) in [6.07, 6.45) is 1.93. The maximum Gasteiger partial charge on any atom is 0.122 e. The number of aromatic nitrogens is 4. The summed E-state index contributed by atoms with van der Waals surface area (Å²) in [6.45, 7) is 2.91. The van der Waals surface area contributed by atoms with Gasteiger partial charge in [-0.2, -0.15) is 10.2 Å². The lowest BCUT2D eigenvalue weighted by Gasteiger charge is -1.91. The summed E-state index contributed by atoms with van der Waals surface area (Å²) in [7, 11) is 1.82. The third-order valence-corrected chi connectivity index (χ3v) is 2.14. The second-order valence-electron chi connectivity index (χ2n) is 3.13. The lowest BCUT2D eigenvalue weighted by Crippen LogP contribution is -1.97. The van der Waals surface area contributed by atoms with E-state index in [2.05, 4.69) is 10.2 Å². The van der Waals surface area contributed by atoms with Gasteiger partial charge in [0.15, 0.2) is 0 Å². The van der Waals surface area contributed by atoms with Crippen molar-refractivity contribution in [2.24, 2.45) is 7.05 Å². The standard InChI is InChI=1S/C9H13N5/c1-3-14-5-4-7(12-14)8-6-9(10)13(2)11-8/h4-6H,3,10H2,1-2H3. The summed E-state index contributed by atoms with van der Waals surface area (Å²) in [6, 6.07) is 3.76. The molecular formula is C9H13N5. The van der Waals surface area contributed by atoms with Gasteiger partial charge in [0, 0.05) is 25.9 Å². The fourth-order valence-corrected chi connectivity index (χ4v) is 1.28. The van der Waals surface area contributed by atoms with Crippen LogP contribution in [0.15, 0.2) is 18.3 Å². The fourth-order valence-electron chi connectivity index (χ4n) is 1.28. The van der Waals surface area contributed by atoms with Gasteiger partial charge in [0.25, 0.3) is 0 Å². The summed E-state index contributed by atoms with van der Waals surface area (Å²) >= 11 is 0. The molecule has 2 N–H and O–H groups in total. The van der Waals surface area contributed by atoms with Crippen LogP contribution < -0.4 is 5.73 Å². The van der Waals surface area contributed by atoms with E-state index in [1.165, 1.54) is 0 Å². The van der Waals surface area contributed by atoms with Crippen LogP contribution in [-0.2, 0) is 13.6 Å². The minimum Gasteiger partial charge on any atom is -0.384 e. The zero-order valence-corrected chi connectivity index (χ0v) is 8.31. The van der Waals surface area contributed by atoms with E-state index < -0.39 is 0 Å². The van der Waals surface area contributed by atoms with Crippen molar-refractivity contribution >= 4 is 5.82 Å². The first kappa shape index (κ1) is 8.80. The Labute approximate surface area is 82.1 Å². The Hall–Kier alpha value is -1.78. The number of hydrogen-bond donors (Lipinski definition) is 1. The van der Waals surface area contributed by atoms with Gasteiger partial charge in [-0.3, -0.25) is 9.36 Å². The number of rotatable bonds is 2. The van der Waals surface area contributed by atoms with E-state index in [0.29, 0.717) is 5.82 Å². The molecule has 0 aromatic carbocycles. The molecule has 2 rings (SSSR count). The molecule has 5 nitrogen and oxygen atoms in total. The number of hydrogen-bond acceptors (Lipinski definition) is 3. The van der Waals surface area contributed by atoms with E-state index in [9.17, 15) is 0 Å². The van der Waals surface area contributed by atoms with Crippen molar-refractivity contribution in [1.82, 2.24) is 19.6 Å². The van der Waals surface area contributed by atoms with Crippen LogP contribution >= 0.6 is 0 Å². The van der Waals surface area contributed by atoms with Gasteiger partial charge in [0.05, 0.1) is 0 Å². The van der Waals surface area contributed by atoms with Crippen molar-refractivity contribution in [2.45, 2.75) is 13.5 Å². The van der Waals surface area contributed by atoms with Gasteiger partial charge in [0.1, 0.15) is 17.2 Å². The second kappa shape index (κ2) is 3.17.